The molecule has 0 heterocycles. The summed E-state index contributed by atoms with van der Waals surface area (Å²) < 4.78 is 0. The Bertz CT molecular complexity index is 283. The molecule has 0 aliphatic heterocycles. The first kappa shape index (κ1) is 10.2. The normalized spacial score (nSPS) is 12.2. The molecule has 0 fully saturated rings. The molecule has 1 atom stereocenters. The number of hydrogen-bond acceptors (Lipinski definition) is 2. The maximum atomic E-state index is 3.74. The first-order chi connectivity index (χ1) is 6.27. The van der Waals surface area contributed by atoms with Crippen LogP contribution in [0.4, 0.5) is 5.69 Å². The van der Waals surface area contributed by atoms with Crippen molar-refractivity contribution in [1.82, 2.24) is 0 Å². The van der Waals surface area contributed by atoms with Gasteiger partial charge in [0.25, 0.3) is 0 Å². The van der Waals surface area contributed by atoms with Gasteiger partial charge in [-0.2, -0.15) is 0 Å². The fraction of sp³-hybridized carbons (Fsp3) is 0.273. The highest BCUT2D eigenvalue weighted by Gasteiger charge is 2.01. The molecule has 13 heavy (non-hydrogen) atoms. The van der Waals surface area contributed by atoms with Gasteiger partial charge < -0.3 is 5.32 Å². The predicted octanol–water partition coefficient (Wildman–Crippen LogP) is 3.39. The van der Waals surface area contributed by atoms with Crippen molar-refractivity contribution in [1.29, 1.82) is 0 Å². The molecule has 1 nitrogen and oxygen atoms in total. The molecule has 2 heteroatoms. The highest BCUT2D eigenvalue weighted by Crippen LogP contribution is 2.25. The van der Waals surface area contributed by atoms with Crippen LogP contribution in [-0.4, -0.2) is 12.3 Å². The van der Waals surface area contributed by atoms with E-state index in [0.717, 1.165) is 0 Å². The summed E-state index contributed by atoms with van der Waals surface area (Å²) in [6.07, 6.45) is 3.98. The number of thioether (sulfide) groups is 1. The lowest BCUT2D eigenvalue weighted by molar-refractivity contribution is 0.993. The Morgan fingerprint density at radius 2 is 2.15 bits per heavy atom. The first-order valence-electron chi connectivity index (χ1n) is 4.30. The molecule has 0 aliphatic carbocycles. The van der Waals surface area contributed by atoms with Crippen molar-refractivity contribution < 1.29 is 0 Å². The van der Waals surface area contributed by atoms with E-state index >= 15 is 0 Å². The van der Waals surface area contributed by atoms with Crippen LogP contribution in [-0.2, 0) is 0 Å². The zero-order chi connectivity index (χ0) is 9.68. The van der Waals surface area contributed by atoms with E-state index in [9.17, 15) is 0 Å². The molecule has 0 saturated heterocycles. The second kappa shape index (κ2) is 4.97. The molecule has 1 aromatic rings. The Balaban J connectivity index is 2.80. The van der Waals surface area contributed by atoms with E-state index in [-0.39, 0.29) is 0 Å². The Hall–Kier alpha value is -0.890. The van der Waals surface area contributed by atoms with Gasteiger partial charge in [0.2, 0.25) is 0 Å². The third kappa shape index (κ3) is 2.81. The molecule has 1 aromatic carbocycles. The fourth-order valence-corrected chi connectivity index (χ4v) is 1.63. The van der Waals surface area contributed by atoms with Gasteiger partial charge in [-0.25, -0.2) is 0 Å². The van der Waals surface area contributed by atoms with E-state index in [2.05, 4.69) is 43.3 Å². The van der Waals surface area contributed by atoms with Crippen molar-refractivity contribution in [3.05, 3.63) is 36.9 Å². The quantitative estimate of drug-likeness (QED) is 0.581. The van der Waals surface area contributed by atoms with Gasteiger partial charge in [-0.15, -0.1) is 18.3 Å². The highest BCUT2D eigenvalue weighted by molar-refractivity contribution is 7.98. The summed E-state index contributed by atoms with van der Waals surface area (Å²) in [5.41, 5.74) is 1.18. The van der Waals surface area contributed by atoms with Crippen LogP contribution in [0.5, 0.6) is 0 Å². The van der Waals surface area contributed by atoms with Crippen LogP contribution >= 0.6 is 11.8 Å². The summed E-state index contributed by atoms with van der Waals surface area (Å²) in [5, 5.41) is 3.37. The first-order valence-corrected chi connectivity index (χ1v) is 5.52. The third-order valence-electron chi connectivity index (χ3n) is 1.84. The molecule has 0 radical (unpaired) electrons. The van der Waals surface area contributed by atoms with Crippen molar-refractivity contribution in [2.75, 3.05) is 11.6 Å². The van der Waals surface area contributed by atoms with E-state index in [1.54, 1.807) is 11.8 Å². The van der Waals surface area contributed by atoms with Gasteiger partial charge in [0, 0.05) is 16.6 Å². The minimum atomic E-state index is 0.313. The van der Waals surface area contributed by atoms with Gasteiger partial charge in [0.15, 0.2) is 0 Å². The Kier molecular flexibility index (Phi) is 3.90. The average molecular weight is 193 g/mol. The van der Waals surface area contributed by atoms with Crippen LogP contribution in [0.15, 0.2) is 41.8 Å². The topological polar surface area (TPSA) is 12.0 Å². The molecule has 0 aromatic heterocycles. The van der Waals surface area contributed by atoms with Gasteiger partial charge in [-0.3, -0.25) is 0 Å². The second-order valence-corrected chi connectivity index (χ2v) is 3.72. The Labute approximate surface area is 84.2 Å². The number of nitrogens with one attached hydrogen (secondary N) is 1. The third-order valence-corrected chi connectivity index (χ3v) is 2.64. The lowest BCUT2D eigenvalue weighted by atomic mass is 10.2. The summed E-state index contributed by atoms with van der Waals surface area (Å²) in [6.45, 7) is 5.83. The molecule has 0 bridgehead atoms. The molecule has 1 unspecified atom stereocenters. The van der Waals surface area contributed by atoms with Crippen LogP contribution in [0.1, 0.15) is 6.92 Å². The van der Waals surface area contributed by atoms with Gasteiger partial charge in [-0.1, -0.05) is 18.2 Å². The van der Waals surface area contributed by atoms with E-state index in [1.165, 1.54) is 10.6 Å². The summed E-state index contributed by atoms with van der Waals surface area (Å²) in [7, 11) is 0. The van der Waals surface area contributed by atoms with Crippen LogP contribution in [0, 0.1) is 0 Å². The number of hydrogen-bond donors (Lipinski definition) is 1. The van der Waals surface area contributed by atoms with E-state index in [4.69, 9.17) is 0 Å². The number of para-hydroxylation sites is 1. The van der Waals surface area contributed by atoms with Crippen molar-refractivity contribution >= 4 is 17.4 Å². The minimum absolute atomic E-state index is 0.313. The van der Waals surface area contributed by atoms with Crippen molar-refractivity contribution in [2.24, 2.45) is 0 Å². The van der Waals surface area contributed by atoms with E-state index in [1.807, 2.05) is 12.1 Å². The Morgan fingerprint density at radius 3 is 2.77 bits per heavy atom. The smallest absolute Gasteiger partial charge is 0.0482 e. The molecular weight excluding hydrogens is 178 g/mol. The number of anilines is 1. The van der Waals surface area contributed by atoms with Crippen molar-refractivity contribution in [3.8, 4) is 0 Å². The average Bonchev–Trinajstić information content (AvgIpc) is 2.18. The predicted molar refractivity (Wildman–Crippen MR) is 61.5 cm³/mol. The van der Waals surface area contributed by atoms with Crippen LogP contribution < -0.4 is 5.32 Å². The van der Waals surface area contributed by atoms with Crippen molar-refractivity contribution in [2.45, 2.75) is 17.9 Å². The van der Waals surface area contributed by atoms with Gasteiger partial charge >= 0.3 is 0 Å². The molecule has 0 amide bonds. The SMILES string of the molecule is C=CC(C)Nc1ccccc1SC. The van der Waals surface area contributed by atoms with Gasteiger partial charge in [0.1, 0.15) is 0 Å². The lowest BCUT2D eigenvalue weighted by Crippen LogP contribution is -2.11. The van der Waals surface area contributed by atoms with Crippen LogP contribution in [0.2, 0.25) is 0 Å². The zero-order valence-corrected chi connectivity index (χ0v) is 8.90. The standard InChI is InChI=1S/C11H15NS/c1-4-9(2)12-10-7-5-6-8-11(10)13-3/h4-9,12H,1H2,2-3H3. The Morgan fingerprint density at radius 1 is 1.46 bits per heavy atom. The summed E-state index contributed by atoms with van der Waals surface area (Å²) >= 11 is 1.75. The zero-order valence-electron chi connectivity index (χ0n) is 8.08. The maximum absolute atomic E-state index is 3.74. The lowest BCUT2D eigenvalue weighted by Gasteiger charge is -2.13. The molecule has 0 aliphatic rings. The van der Waals surface area contributed by atoms with Crippen LogP contribution in [0.25, 0.3) is 0 Å². The monoisotopic (exact) mass is 193 g/mol. The molecule has 0 spiro atoms. The summed E-state index contributed by atoms with van der Waals surface area (Å²) in [6, 6.07) is 8.61. The minimum Gasteiger partial charge on any atom is -0.378 e. The summed E-state index contributed by atoms with van der Waals surface area (Å²) in [5.74, 6) is 0. The highest BCUT2D eigenvalue weighted by atomic mass is 32.2. The van der Waals surface area contributed by atoms with Crippen LogP contribution in [0.3, 0.4) is 0 Å². The fourth-order valence-electron chi connectivity index (χ4n) is 1.07. The van der Waals surface area contributed by atoms with Gasteiger partial charge in [-0.05, 0) is 25.3 Å². The second-order valence-electron chi connectivity index (χ2n) is 2.87. The van der Waals surface area contributed by atoms with Gasteiger partial charge in [0.05, 0.1) is 0 Å². The molecule has 0 saturated carbocycles. The van der Waals surface area contributed by atoms with Crippen molar-refractivity contribution in [3.63, 3.8) is 0 Å². The molecular formula is C11H15NS. The molecule has 1 N–H and O–H groups in total. The molecule has 1 rings (SSSR count). The summed E-state index contributed by atoms with van der Waals surface area (Å²) in [4.78, 5) is 1.27. The van der Waals surface area contributed by atoms with E-state index in [0.29, 0.717) is 6.04 Å². The largest absolute Gasteiger partial charge is 0.378 e. The number of rotatable bonds is 4. The number of benzene rings is 1. The van der Waals surface area contributed by atoms with E-state index < -0.39 is 0 Å². The maximum Gasteiger partial charge on any atom is 0.0482 e. The molecule has 70 valence electrons.